The van der Waals surface area contributed by atoms with E-state index in [1.165, 1.54) is 25.3 Å². The van der Waals surface area contributed by atoms with E-state index in [9.17, 15) is 4.79 Å². The quantitative estimate of drug-likeness (QED) is 0.826. The van der Waals surface area contributed by atoms with Gasteiger partial charge in [-0.3, -0.25) is 4.79 Å². The van der Waals surface area contributed by atoms with Crippen LogP contribution in [0.15, 0.2) is 24.3 Å². The van der Waals surface area contributed by atoms with E-state index in [4.69, 9.17) is 4.74 Å². The second-order valence-electron chi connectivity index (χ2n) is 8.25. The first kappa shape index (κ1) is 18.2. The molecule has 0 amide bonds. The second-order valence-corrected chi connectivity index (χ2v) is 8.25. The van der Waals surface area contributed by atoms with Gasteiger partial charge in [0.1, 0.15) is 5.60 Å². The largest absolute Gasteiger partial charge is 0.460 e. The highest BCUT2D eigenvalue weighted by Gasteiger charge is 2.28. The van der Waals surface area contributed by atoms with Crippen molar-refractivity contribution in [3.05, 3.63) is 29.8 Å². The zero-order valence-corrected chi connectivity index (χ0v) is 15.8. The van der Waals surface area contributed by atoms with Crippen molar-refractivity contribution in [2.45, 2.75) is 32.8 Å². The number of nitrogens with one attached hydrogen (secondary N) is 1. The molecule has 2 aliphatic rings. The van der Waals surface area contributed by atoms with Crippen LogP contribution in [0.4, 0.5) is 5.69 Å². The Morgan fingerprint density at radius 1 is 1.16 bits per heavy atom. The molecule has 5 heteroatoms. The van der Waals surface area contributed by atoms with E-state index in [-0.39, 0.29) is 5.97 Å². The number of nitrogens with zero attached hydrogens (tertiary/aromatic N) is 2. The molecule has 138 valence electrons. The Labute approximate surface area is 151 Å². The molecule has 0 aliphatic carbocycles. The summed E-state index contributed by atoms with van der Waals surface area (Å²) in [6.07, 6.45) is 0.336. The summed E-state index contributed by atoms with van der Waals surface area (Å²) in [6, 6.07) is 8.34. The molecule has 2 aliphatic heterocycles. The summed E-state index contributed by atoms with van der Waals surface area (Å²) >= 11 is 0. The lowest BCUT2D eigenvalue weighted by Gasteiger charge is -2.44. The summed E-state index contributed by atoms with van der Waals surface area (Å²) in [5, 5.41) is 3.40. The summed E-state index contributed by atoms with van der Waals surface area (Å²) in [5.41, 5.74) is 1.84. The van der Waals surface area contributed by atoms with Crippen LogP contribution in [0.2, 0.25) is 0 Å². The van der Waals surface area contributed by atoms with Crippen LogP contribution < -0.4 is 10.2 Å². The molecule has 2 fully saturated rings. The number of ether oxygens (including phenoxy) is 1. The van der Waals surface area contributed by atoms with E-state index in [2.05, 4.69) is 27.2 Å². The normalized spacial score (nSPS) is 19.6. The number of hydrogen-bond donors (Lipinski definition) is 1. The number of esters is 1. The highest BCUT2D eigenvalue weighted by molar-refractivity contribution is 5.73. The van der Waals surface area contributed by atoms with E-state index >= 15 is 0 Å². The zero-order chi connectivity index (χ0) is 17.9. The topological polar surface area (TPSA) is 44.8 Å². The van der Waals surface area contributed by atoms with Crippen molar-refractivity contribution in [1.29, 1.82) is 0 Å². The van der Waals surface area contributed by atoms with Crippen LogP contribution in [0.3, 0.4) is 0 Å². The predicted octanol–water partition coefficient (Wildman–Crippen LogP) is 1.91. The molecule has 3 rings (SSSR count). The molecule has 0 bridgehead atoms. The van der Waals surface area contributed by atoms with Gasteiger partial charge < -0.3 is 19.9 Å². The maximum atomic E-state index is 11.9. The molecular weight excluding hydrogens is 314 g/mol. The van der Waals surface area contributed by atoms with Crippen molar-refractivity contribution >= 4 is 11.7 Å². The molecule has 2 heterocycles. The SMILES string of the molecule is CC(C)(C)OC(=O)Cc1ccc(N2CC(CN3CCNCC3)C2)cc1. The molecule has 0 spiro atoms. The Morgan fingerprint density at radius 3 is 2.40 bits per heavy atom. The molecule has 0 unspecified atom stereocenters. The van der Waals surface area contributed by atoms with E-state index in [0.29, 0.717) is 6.42 Å². The van der Waals surface area contributed by atoms with Gasteiger partial charge in [0.05, 0.1) is 6.42 Å². The van der Waals surface area contributed by atoms with Gasteiger partial charge in [0.2, 0.25) is 0 Å². The first-order chi connectivity index (χ1) is 11.9. The number of benzene rings is 1. The minimum Gasteiger partial charge on any atom is -0.460 e. The van der Waals surface area contributed by atoms with Crippen LogP contribution in [0, 0.1) is 5.92 Å². The predicted molar refractivity (Wildman–Crippen MR) is 101 cm³/mol. The third kappa shape index (κ3) is 5.44. The Bertz CT molecular complexity index is 568. The lowest BCUT2D eigenvalue weighted by molar-refractivity contribution is -0.153. The van der Waals surface area contributed by atoms with Crippen LogP contribution in [-0.4, -0.2) is 62.3 Å². The van der Waals surface area contributed by atoms with Crippen LogP contribution in [0.5, 0.6) is 0 Å². The molecule has 0 atom stereocenters. The van der Waals surface area contributed by atoms with Gasteiger partial charge in [0.25, 0.3) is 0 Å². The van der Waals surface area contributed by atoms with Crippen molar-refractivity contribution in [2.75, 3.05) is 50.7 Å². The Morgan fingerprint density at radius 2 is 1.80 bits per heavy atom. The van der Waals surface area contributed by atoms with Gasteiger partial charge in [-0.2, -0.15) is 0 Å². The first-order valence-electron chi connectivity index (χ1n) is 9.38. The highest BCUT2D eigenvalue weighted by atomic mass is 16.6. The minimum atomic E-state index is -0.423. The molecule has 0 saturated carbocycles. The third-order valence-corrected chi connectivity index (χ3v) is 4.75. The fraction of sp³-hybridized carbons (Fsp3) is 0.650. The van der Waals surface area contributed by atoms with E-state index in [1.807, 2.05) is 32.9 Å². The van der Waals surface area contributed by atoms with Gasteiger partial charge >= 0.3 is 5.97 Å². The average Bonchev–Trinajstić information content (AvgIpc) is 2.51. The maximum Gasteiger partial charge on any atom is 0.310 e. The van der Waals surface area contributed by atoms with Crippen LogP contribution >= 0.6 is 0 Å². The van der Waals surface area contributed by atoms with Crippen LogP contribution in [0.25, 0.3) is 0 Å². The number of carbonyl (C=O) groups excluding carboxylic acids is 1. The number of piperazine rings is 1. The summed E-state index contributed by atoms with van der Waals surface area (Å²) in [7, 11) is 0. The van der Waals surface area contributed by atoms with Gasteiger partial charge in [-0.25, -0.2) is 0 Å². The van der Waals surface area contributed by atoms with Crippen molar-refractivity contribution in [3.8, 4) is 0 Å². The van der Waals surface area contributed by atoms with Crippen molar-refractivity contribution in [1.82, 2.24) is 10.2 Å². The fourth-order valence-electron chi connectivity index (χ4n) is 3.52. The van der Waals surface area contributed by atoms with E-state index in [0.717, 1.165) is 37.7 Å². The van der Waals surface area contributed by atoms with Crippen LogP contribution in [0.1, 0.15) is 26.3 Å². The third-order valence-electron chi connectivity index (χ3n) is 4.75. The fourth-order valence-corrected chi connectivity index (χ4v) is 3.52. The van der Waals surface area contributed by atoms with Gasteiger partial charge in [0, 0.05) is 57.4 Å². The maximum absolute atomic E-state index is 11.9. The molecular formula is C20H31N3O2. The summed E-state index contributed by atoms with van der Waals surface area (Å²) in [6.45, 7) is 13.8. The summed E-state index contributed by atoms with van der Waals surface area (Å²) < 4.78 is 5.38. The molecule has 0 radical (unpaired) electrons. The highest BCUT2D eigenvalue weighted by Crippen LogP contribution is 2.26. The van der Waals surface area contributed by atoms with Gasteiger partial charge in [-0.05, 0) is 38.5 Å². The van der Waals surface area contributed by atoms with Gasteiger partial charge in [-0.15, -0.1) is 0 Å². The molecule has 1 N–H and O–H groups in total. The molecule has 0 aromatic heterocycles. The molecule has 25 heavy (non-hydrogen) atoms. The molecule has 5 nitrogen and oxygen atoms in total. The van der Waals surface area contributed by atoms with E-state index < -0.39 is 5.60 Å². The van der Waals surface area contributed by atoms with Crippen molar-refractivity contribution in [3.63, 3.8) is 0 Å². The molecule has 1 aromatic carbocycles. The Hall–Kier alpha value is -1.59. The van der Waals surface area contributed by atoms with Crippen LogP contribution in [-0.2, 0) is 16.0 Å². The van der Waals surface area contributed by atoms with Crippen molar-refractivity contribution < 1.29 is 9.53 Å². The average molecular weight is 345 g/mol. The van der Waals surface area contributed by atoms with E-state index in [1.54, 1.807) is 0 Å². The zero-order valence-electron chi connectivity index (χ0n) is 15.8. The second kappa shape index (κ2) is 7.75. The number of anilines is 1. The molecule has 1 aromatic rings. The Balaban J connectivity index is 1.43. The summed E-state index contributed by atoms with van der Waals surface area (Å²) in [4.78, 5) is 16.9. The standard InChI is InChI=1S/C20H31N3O2/c1-20(2,3)25-19(24)12-16-4-6-18(7-5-16)23-14-17(15-23)13-22-10-8-21-9-11-22/h4-7,17,21H,8-15H2,1-3H3. The lowest BCUT2D eigenvalue weighted by atomic mass is 9.97. The molecule has 2 saturated heterocycles. The first-order valence-corrected chi connectivity index (χ1v) is 9.38. The van der Waals surface area contributed by atoms with Gasteiger partial charge in [-0.1, -0.05) is 12.1 Å². The van der Waals surface area contributed by atoms with Crippen molar-refractivity contribution in [2.24, 2.45) is 5.92 Å². The lowest BCUT2D eigenvalue weighted by Crippen LogP contribution is -2.54. The minimum absolute atomic E-state index is 0.166. The summed E-state index contributed by atoms with van der Waals surface area (Å²) in [5.74, 6) is 0.611. The Kier molecular flexibility index (Phi) is 5.64. The smallest absolute Gasteiger partial charge is 0.310 e. The number of carbonyl (C=O) groups is 1. The van der Waals surface area contributed by atoms with Gasteiger partial charge in [0.15, 0.2) is 0 Å². The monoisotopic (exact) mass is 345 g/mol. The number of rotatable bonds is 5. The number of hydrogen-bond acceptors (Lipinski definition) is 5.